The Kier molecular flexibility index (Phi) is 4.25. The highest BCUT2D eigenvalue weighted by molar-refractivity contribution is 5.79. The lowest BCUT2D eigenvalue weighted by Crippen LogP contribution is -2.35. The van der Waals surface area contributed by atoms with Crippen molar-refractivity contribution in [2.45, 2.75) is 58.5 Å². The number of carbonyl (C=O) groups excluding carboxylic acids is 1. The quantitative estimate of drug-likeness (QED) is 0.875. The molecule has 3 N–H and O–H groups in total. The number of aryl methyl sites for hydroxylation is 3. The van der Waals surface area contributed by atoms with Crippen molar-refractivity contribution in [3.63, 3.8) is 0 Å². The highest BCUT2D eigenvalue weighted by Crippen LogP contribution is 2.19. The van der Waals surface area contributed by atoms with E-state index in [1.54, 1.807) is 0 Å². The molecule has 1 aliphatic carbocycles. The van der Waals surface area contributed by atoms with Gasteiger partial charge in [-0.05, 0) is 56.7 Å². The summed E-state index contributed by atoms with van der Waals surface area (Å²) in [6, 6.07) is 4.81. The lowest BCUT2D eigenvalue weighted by molar-refractivity contribution is -0.121. The van der Waals surface area contributed by atoms with Crippen LogP contribution in [0.5, 0.6) is 0 Å². The van der Waals surface area contributed by atoms with Gasteiger partial charge in [-0.15, -0.1) is 0 Å². The van der Waals surface area contributed by atoms with Gasteiger partial charge in [-0.1, -0.05) is 17.7 Å². The molecule has 0 bridgehead atoms. The van der Waals surface area contributed by atoms with Crippen molar-refractivity contribution >= 4 is 5.91 Å². The van der Waals surface area contributed by atoms with Crippen LogP contribution in [-0.2, 0) is 11.2 Å². The second-order valence-electron chi connectivity index (χ2n) is 5.89. The first kappa shape index (κ1) is 14.1. The van der Waals surface area contributed by atoms with Crippen LogP contribution in [0.3, 0.4) is 0 Å². The van der Waals surface area contributed by atoms with Gasteiger partial charge in [0, 0.05) is 12.1 Å². The number of nitrogens with two attached hydrogens (primary N) is 1. The van der Waals surface area contributed by atoms with Crippen LogP contribution in [0.4, 0.5) is 0 Å². The predicted molar refractivity (Wildman–Crippen MR) is 78.1 cm³/mol. The molecule has 2 atom stereocenters. The Bertz CT molecular complexity index is 459. The third-order valence-electron chi connectivity index (χ3n) is 4.02. The molecule has 0 spiro atoms. The fraction of sp³-hybridized carbons (Fsp3) is 0.562. The molecule has 1 aromatic rings. The molecule has 0 radical (unpaired) electrons. The minimum absolute atomic E-state index is 0.120. The summed E-state index contributed by atoms with van der Waals surface area (Å²) >= 11 is 0. The molecular weight excluding hydrogens is 236 g/mol. The second-order valence-corrected chi connectivity index (χ2v) is 5.89. The third-order valence-corrected chi connectivity index (χ3v) is 4.02. The first-order chi connectivity index (χ1) is 8.95. The van der Waals surface area contributed by atoms with Gasteiger partial charge < -0.3 is 11.1 Å². The largest absolute Gasteiger partial charge is 0.353 e. The minimum atomic E-state index is 0.120. The molecule has 1 amide bonds. The summed E-state index contributed by atoms with van der Waals surface area (Å²) in [6.07, 6.45) is 3.42. The van der Waals surface area contributed by atoms with E-state index in [2.05, 4.69) is 38.2 Å². The molecule has 0 aliphatic heterocycles. The average molecular weight is 260 g/mol. The highest BCUT2D eigenvalue weighted by atomic mass is 16.1. The van der Waals surface area contributed by atoms with Gasteiger partial charge >= 0.3 is 0 Å². The molecule has 1 aromatic carbocycles. The van der Waals surface area contributed by atoms with Crippen molar-refractivity contribution in [1.29, 1.82) is 0 Å². The zero-order valence-corrected chi connectivity index (χ0v) is 12.1. The van der Waals surface area contributed by atoms with Crippen LogP contribution in [0.2, 0.25) is 0 Å². The Morgan fingerprint density at radius 1 is 1.26 bits per heavy atom. The van der Waals surface area contributed by atoms with E-state index >= 15 is 0 Å². The third kappa shape index (κ3) is 3.57. The molecule has 104 valence electrons. The summed E-state index contributed by atoms with van der Waals surface area (Å²) in [4.78, 5) is 12.1. The number of rotatable bonds is 3. The van der Waals surface area contributed by atoms with Gasteiger partial charge in [0.25, 0.3) is 0 Å². The van der Waals surface area contributed by atoms with Crippen LogP contribution in [0.15, 0.2) is 12.1 Å². The van der Waals surface area contributed by atoms with E-state index in [4.69, 9.17) is 5.73 Å². The fourth-order valence-electron chi connectivity index (χ4n) is 3.08. The molecule has 1 aliphatic rings. The first-order valence-corrected chi connectivity index (χ1v) is 7.07. The Balaban J connectivity index is 1.99. The molecule has 19 heavy (non-hydrogen) atoms. The van der Waals surface area contributed by atoms with Gasteiger partial charge in [0.2, 0.25) is 5.91 Å². The molecule has 1 saturated carbocycles. The SMILES string of the molecule is Cc1cc(C)c(CC(=O)NC2CCC(N)C2)c(C)c1. The number of hydrogen-bond acceptors (Lipinski definition) is 2. The van der Waals surface area contributed by atoms with Crippen LogP contribution in [0, 0.1) is 20.8 Å². The summed E-state index contributed by atoms with van der Waals surface area (Å²) in [5, 5.41) is 3.11. The van der Waals surface area contributed by atoms with E-state index in [-0.39, 0.29) is 18.0 Å². The predicted octanol–water partition coefficient (Wildman–Crippen LogP) is 2.15. The number of hydrogen-bond donors (Lipinski definition) is 2. The van der Waals surface area contributed by atoms with Gasteiger partial charge in [0.1, 0.15) is 0 Å². The second kappa shape index (κ2) is 5.74. The maximum Gasteiger partial charge on any atom is 0.224 e. The smallest absolute Gasteiger partial charge is 0.224 e. The Morgan fingerprint density at radius 3 is 2.42 bits per heavy atom. The molecule has 0 heterocycles. The molecular formula is C16H24N2O. The zero-order chi connectivity index (χ0) is 14.0. The lowest BCUT2D eigenvalue weighted by Gasteiger charge is -2.15. The Morgan fingerprint density at radius 2 is 1.89 bits per heavy atom. The van der Waals surface area contributed by atoms with Crippen molar-refractivity contribution < 1.29 is 4.79 Å². The first-order valence-electron chi connectivity index (χ1n) is 7.07. The normalized spacial score (nSPS) is 22.5. The van der Waals surface area contributed by atoms with E-state index in [0.717, 1.165) is 24.8 Å². The van der Waals surface area contributed by atoms with Crippen LogP contribution in [0.25, 0.3) is 0 Å². The van der Waals surface area contributed by atoms with E-state index in [0.29, 0.717) is 6.42 Å². The van der Waals surface area contributed by atoms with Crippen molar-refractivity contribution in [3.8, 4) is 0 Å². The van der Waals surface area contributed by atoms with E-state index < -0.39 is 0 Å². The van der Waals surface area contributed by atoms with Gasteiger partial charge in [0.15, 0.2) is 0 Å². The summed E-state index contributed by atoms with van der Waals surface area (Å²) in [7, 11) is 0. The Hall–Kier alpha value is -1.35. The van der Waals surface area contributed by atoms with E-state index in [1.165, 1.54) is 16.7 Å². The number of nitrogens with one attached hydrogen (secondary N) is 1. The summed E-state index contributed by atoms with van der Waals surface area (Å²) in [6.45, 7) is 6.24. The average Bonchev–Trinajstić information content (AvgIpc) is 2.69. The molecule has 3 heteroatoms. The van der Waals surface area contributed by atoms with Gasteiger partial charge in [-0.25, -0.2) is 0 Å². The zero-order valence-electron chi connectivity index (χ0n) is 12.1. The van der Waals surface area contributed by atoms with Crippen LogP contribution in [0.1, 0.15) is 41.5 Å². The van der Waals surface area contributed by atoms with Crippen LogP contribution in [-0.4, -0.2) is 18.0 Å². The molecule has 3 nitrogen and oxygen atoms in total. The minimum Gasteiger partial charge on any atom is -0.353 e. The summed E-state index contributed by atoms with van der Waals surface area (Å²) in [5.74, 6) is 0.120. The number of benzene rings is 1. The monoisotopic (exact) mass is 260 g/mol. The highest BCUT2D eigenvalue weighted by Gasteiger charge is 2.23. The summed E-state index contributed by atoms with van der Waals surface area (Å²) < 4.78 is 0. The standard InChI is InChI=1S/C16H24N2O/c1-10-6-11(2)15(12(3)7-10)9-16(19)18-14-5-4-13(17)8-14/h6-7,13-14H,4-5,8-9,17H2,1-3H3,(H,18,19). The van der Waals surface area contributed by atoms with E-state index in [9.17, 15) is 4.79 Å². The van der Waals surface area contributed by atoms with Gasteiger partial charge in [-0.3, -0.25) is 4.79 Å². The summed E-state index contributed by atoms with van der Waals surface area (Å²) in [5.41, 5.74) is 10.7. The van der Waals surface area contributed by atoms with Crippen molar-refractivity contribution in [2.75, 3.05) is 0 Å². The van der Waals surface area contributed by atoms with Crippen LogP contribution >= 0.6 is 0 Å². The van der Waals surface area contributed by atoms with Gasteiger partial charge in [-0.2, -0.15) is 0 Å². The van der Waals surface area contributed by atoms with Crippen LogP contribution < -0.4 is 11.1 Å². The topological polar surface area (TPSA) is 55.1 Å². The fourth-order valence-corrected chi connectivity index (χ4v) is 3.08. The molecule has 0 aromatic heterocycles. The number of carbonyl (C=O) groups is 1. The van der Waals surface area contributed by atoms with E-state index in [1.807, 2.05) is 0 Å². The van der Waals surface area contributed by atoms with Gasteiger partial charge in [0.05, 0.1) is 6.42 Å². The van der Waals surface area contributed by atoms with Crippen molar-refractivity contribution in [2.24, 2.45) is 5.73 Å². The number of amides is 1. The molecule has 2 rings (SSSR count). The molecule has 1 fully saturated rings. The molecule has 2 unspecified atom stereocenters. The lowest BCUT2D eigenvalue weighted by atomic mass is 9.97. The van der Waals surface area contributed by atoms with Crippen molar-refractivity contribution in [3.05, 3.63) is 34.4 Å². The maximum absolute atomic E-state index is 12.1. The molecule has 0 saturated heterocycles. The Labute approximate surface area is 115 Å². The maximum atomic E-state index is 12.1. The van der Waals surface area contributed by atoms with Crippen molar-refractivity contribution in [1.82, 2.24) is 5.32 Å².